The van der Waals surface area contributed by atoms with E-state index in [0.717, 1.165) is 21.4 Å². The monoisotopic (exact) mass is 302 g/mol. The molecule has 5 heteroatoms. The molecule has 0 fully saturated rings. The predicted molar refractivity (Wildman–Crippen MR) is 73.6 cm³/mol. The van der Waals surface area contributed by atoms with Crippen molar-refractivity contribution >= 4 is 27.6 Å². The van der Waals surface area contributed by atoms with Gasteiger partial charge >= 0.3 is 0 Å². The Morgan fingerprint density at radius 1 is 1.28 bits per heavy atom. The molecule has 0 aliphatic rings. The number of hydrogen-bond acceptors (Lipinski definition) is 4. The van der Waals surface area contributed by atoms with Crippen LogP contribution in [-0.2, 0) is 0 Å². The number of nitrogens with zero attached hydrogens (tertiary/aromatic N) is 3. The van der Waals surface area contributed by atoms with E-state index in [1.165, 1.54) is 0 Å². The Bertz CT molecular complexity index is 631. The molecule has 0 spiro atoms. The van der Waals surface area contributed by atoms with Gasteiger partial charge in [-0.2, -0.15) is 5.26 Å². The third kappa shape index (κ3) is 2.66. The number of nitriles is 1. The topological polar surface area (TPSA) is 61.6 Å². The van der Waals surface area contributed by atoms with Crippen LogP contribution in [0.4, 0.5) is 11.6 Å². The minimum Gasteiger partial charge on any atom is -0.323 e. The van der Waals surface area contributed by atoms with E-state index in [9.17, 15) is 0 Å². The number of nitrogens with one attached hydrogen (secondary N) is 1. The van der Waals surface area contributed by atoms with E-state index < -0.39 is 0 Å². The third-order valence-electron chi connectivity index (χ3n) is 2.41. The Balaban J connectivity index is 2.37. The lowest BCUT2D eigenvalue weighted by Gasteiger charge is -2.09. The summed E-state index contributed by atoms with van der Waals surface area (Å²) in [6, 6.07) is 9.55. The highest BCUT2D eigenvalue weighted by atomic mass is 79.9. The molecule has 18 heavy (non-hydrogen) atoms. The summed E-state index contributed by atoms with van der Waals surface area (Å²) in [5.41, 5.74) is 3.11. The molecule has 0 atom stereocenters. The highest BCUT2D eigenvalue weighted by molar-refractivity contribution is 9.10. The first-order chi connectivity index (χ1) is 8.60. The van der Waals surface area contributed by atoms with E-state index in [-0.39, 0.29) is 0 Å². The molecule has 1 aromatic heterocycles. The standard InChI is InChI=1S/C13H11BrN4/c1-8-4-3-5-11(12(8)14)18-13-16-9(2)6-10(7-15)17-13/h3-6H,1-2H3,(H,16,17,18). The van der Waals surface area contributed by atoms with Gasteiger partial charge in [0.2, 0.25) is 5.95 Å². The Hall–Kier alpha value is -1.93. The van der Waals surface area contributed by atoms with Crippen LogP contribution in [0.5, 0.6) is 0 Å². The second-order valence-corrected chi connectivity index (χ2v) is 4.68. The lowest BCUT2D eigenvalue weighted by atomic mass is 10.2. The quantitative estimate of drug-likeness (QED) is 0.922. The maximum Gasteiger partial charge on any atom is 0.228 e. The molecule has 1 heterocycles. The molecule has 0 saturated carbocycles. The maximum absolute atomic E-state index is 8.87. The Labute approximate surface area is 114 Å². The van der Waals surface area contributed by atoms with Crippen molar-refractivity contribution in [3.63, 3.8) is 0 Å². The van der Waals surface area contributed by atoms with Gasteiger partial charge in [0.15, 0.2) is 0 Å². The van der Waals surface area contributed by atoms with Crippen molar-refractivity contribution in [2.75, 3.05) is 5.32 Å². The number of halogens is 1. The Morgan fingerprint density at radius 3 is 2.78 bits per heavy atom. The summed E-state index contributed by atoms with van der Waals surface area (Å²) in [5.74, 6) is 0.429. The minimum absolute atomic E-state index is 0.355. The van der Waals surface area contributed by atoms with Crippen LogP contribution in [-0.4, -0.2) is 9.97 Å². The van der Waals surface area contributed by atoms with Crippen LogP contribution >= 0.6 is 15.9 Å². The van der Waals surface area contributed by atoms with Crippen LogP contribution < -0.4 is 5.32 Å². The number of aryl methyl sites for hydroxylation is 2. The van der Waals surface area contributed by atoms with Crippen LogP contribution in [0, 0.1) is 25.2 Å². The van der Waals surface area contributed by atoms with Gasteiger partial charge in [-0.25, -0.2) is 9.97 Å². The largest absolute Gasteiger partial charge is 0.323 e. The van der Waals surface area contributed by atoms with Crippen molar-refractivity contribution in [3.8, 4) is 6.07 Å². The molecule has 0 aliphatic carbocycles. The number of anilines is 2. The van der Waals surface area contributed by atoms with E-state index in [4.69, 9.17) is 5.26 Å². The summed E-state index contributed by atoms with van der Waals surface area (Å²) in [6.45, 7) is 3.84. The summed E-state index contributed by atoms with van der Waals surface area (Å²) in [6.07, 6.45) is 0. The van der Waals surface area contributed by atoms with Gasteiger partial charge in [0.05, 0.1) is 5.69 Å². The molecular weight excluding hydrogens is 292 g/mol. The first-order valence-corrected chi connectivity index (χ1v) is 6.17. The number of aromatic nitrogens is 2. The average molecular weight is 303 g/mol. The lowest BCUT2D eigenvalue weighted by Crippen LogP contribution is -2.01. The summed E-state index contributed by atoms with van der Waals surface area (Å²) in [5, 5.41) is 12.0. The molecule has 0 radical (unpaired) electrons. The fourth-order valence-electron chi connectivity index (χ4n) is 1.55. The highest BCUT2D eigenvalue weighted by Crippen LogP contribution is 2.27. The molecule has 1 N–H and O–H groups in total. The average Bonchev–Trinajstić information content (AvgIpc) is 2.34. The number of hydrogen-bond donors (Lipinski definition) is 1. The zero-order chi connectivity index (χ0) is 13.1. The summed E-state index contributed by atoms with van der Waals surface area (Å²) in [4.78, 5) is 8.37. The SMILES string of the molecule is Cc1cc(C#N)nc(Nc2cccc(C)c2Br)n1. The number of rotatable bonds is 2. The van der Waals surface area contributed by atoms with E-state index in [1.54, 1.807) is 6.07 Å². The van der Waals surface area contributed by atoms with E-state index in [1.807, 2.05) is 38.1 Å². The Kier molecular flexibility index (Phi) is 3.58. The van der Waals surface area contributed by atoms with Gasteiger partial charge in [0.25, 0.3) is 0 Å². The normalized spacial score (nSPS) is 9.89. The van der Waals surface area contributed by atoms with Crippen LogP contribution in [0.25, 0.3) is 0 Å². The summed E-state index contributed by atoms with van der Waals surface area (Å²) >= 11 is 3.51. The van der Waals surface area contributed by atoms with Gasteiger partial charge in [-0.1, -0.05) is 12.1 Å². The fraction of sp³-hybridized carbons (Fsp3) is 0.154. The Morgan fingerprint density at radius 2 is 2.06 bits per heavy atom. The molecule has 90 valence electrons. The zero-order valence-electron chi connectivity index (χ0n) is 10.0. The lowest BCUT2D eigenvalue weighted by molar-refractivity contribution is 1.08. The van der Waals surface area contributed by atoms with E-state index in [0.29, 0.717) is 11.6 Å². The van der Waals surface area contributed by atoms with Crippen LogP contribution in [0.3, 0.4) is 0 Å². The van der Waals surface area contributed by atoms with Crippen LogP contribution in [0.2, 0.25) is 0 Å². The van der Waals surface area contributed by atoms with Crippen LogP contribution in [0.1, 0.15) is 17.0 Å². The van der Waals surface area contributed by atoms with Crippen LogP contribution in [0.15, 0.2) is 28.7 Å². The molecule has 4 nitrogen and oxygen atoms in total. The third-order valence-corrected chi connectivity index (χ3v) is 3.46. The van der Waals surface area contributed by atoms with Gasteiger partial charge in [-0.15, -0.1) is 0 Å². The van der Waals surface area contributed by atoms with Gasteiger partial charge in [-0.3, -0.25) is 0 Å². The molecule has 2 aromatic rings. The number of benzene rings is 1. The van der Waals surface area contributed by atoms with Gasteiger partial charge in [0, 0.05) is 10.2 Å². The molecule has 0 amide bonds. The maximum atomic E-state index is 8.87. The fourth-order valence-corrected chi connectivity index (χ4v) is 1.91. The van der Waals surface area contributed by atoms with Crippen molar-refractivity contribution in [2.24, 2.45) is 0 Å². The van der Waals surface area contributed by atoms with Crippen molar-refractivity contribution in [1.82, 2.24) is 9.97 Å². The zero-order valence-corrected chi connectivity index (χ0v) is 11.6. The molecule has 0 unspecified atom stereocenters. The summed E-state index contributed by atoms with van der Waals surface area (Å²) < 4.78 is 0.966. The van der Waals surface area contributed by atoms with E-state index >= 15 is 0 Å². The van der Waals surface area contributed by atoms with Crippen molar-refractivity contribution in [3.05, 3.63) is 45.7 Å². The van der Waals surface area contributed by atoms with Gasteiger partial charge in [-0.05, 0) is 47.5 Å². The first kappa shape index (κ1) is 12.5. The van der Waals surface area contributed by atoms with E-state index in [2.05, 4.69) is 31.2 Å². The smallest absolute Gasteiger partial charge is 0.228 e. The second-order valence-electron chi connectivity index (χ2n) is 3.89. The van der Waals surface area contributed by atoms with Gasteiger partial charge < -0.3 is 5.32 Å². The van der Waals surface area contributed by atoms with Crippen molar-refractivity contribution < 1.29 is 0 Å². The predicted octanol–water partition coefficient (Wildman–Crippen LogP) is 3.47. The summed E-state index contributed by atoms with van der Waals surface area (Å²) in [7, 11) is 0. The van der Waals surface area contributed by atoms with Gasteiger partial charge in [0.1, 0.15) is 11.8 Å². The van der Waals surface area contributed by atoms with Crippen molar-refractivity contribution in [2.45, 2.75) is 13.8 Å². The minimum atomic E-state index is 0.355. The second kappa shape index (κ2) is 5.15. The molecule has 1 aromatic carbocycles. The highest BCUT2D eigenvalue weighted by Gasteiger charge is 2.06. The molecule has 0 saturated heterocycles. The molecule has 0 bridgehead atoms. The molecular formula is C13H11BrN4. The molecule has 0 aliphatic heterocycles. The first-order valence-electron chi connectivity index (χ1n) is 5.38. The van der Waals surface area contributed by atoms with Crippen molar-refractivity contribution in [1.29, 1.82) is 5.26 Å². The molecule has 2 rings (SSSR count).